The van der Waals surface area contributed by atoms with Crippen molar-refractivity contribution in [3.05, 3.63) is 65.5 Å². The fourth-order valence-corrected chi connectivity index (χ4v) is 4.83. The topological polar surface area (TPSA) is 99.5 Å². The summed E-state index contributed by atoms with van der Waals surface area (Å²) in [5, 5.41) is 12.0. The van der Waals surface area contributed by atoms with Crippen molar-refractivity contribution in [2.45, 2.75) is 39.5 Å². The molecule has 0 radical (unpaired) electrons. The van der Waals surface area contributed by atoms with E-state index in [0.29, 0.717) is 36.3 Å². The van der Waals surface area contributed by atoms with E-state index in [1.54, 1.807) is 47.9 Å². The highest BCUT2D eigenvalue weighted by atomic mass is 19.4. The molecule has 1 aromatic heterocycles. The summed E-state index contributed by atoms with van der Waals surface area (Å²) < 4.78 is 41.9. The van der Waals surface area contributed by atoms with E-state index in [4.69, 9.17) is 5.21 Å². The van der Waals surface area contributed by atoms with Crippen molar-refractivity contribution in [1.29, 1.82) is 0 Å². The van der Waals surface area contributed by atoms with Crippen molar-refractivity contribution in [3.8, 4) is 0 Å². The Kier molecular flexibility index (Phi) is 7.29. The zero-order chi connectivity index (χ0) is 27.0. The van der Waals surface area contributed by atoms with Crippen LogP contribution in [-0.4, -0.2) is 57.1 Å². The first-order valence-electron chi connectivity index (χ1n) is 11.9. The molecule has 3 aromatic rings. The number of carbonyl (C=O) groups is 2. The van der Waals surface area contributed by atoms with Crippen molar-refractivity contribution >= 4 is 22.8 Å². The summed E-state index contributed by atoms with van der Waals surface area (Å²) in [6, 6.07) is 12.2. The molecule has 0 aliphatic carbocycles. The normalized spacial score (nSPS) is 18.8. The molecule has 0 unspecified atom stereocenters. The molecule has 1 saturated heterocycles. The molecule has 8 nitrogen and oxygen atoms in total. The van der Waals surface area contributed by atoms with Crippen LogP contribution >= 0.6 is 0 Å². The number of fused-ring (bicyclic) bond motifs is 1. The Labute approximate surface area is 212 Å². The number of hydroxylamine groups is 1. The standard InChI is InChI=1S/C26H30F3N5O3/c1-25(2,3)15-33-13-18(23(36)32-37)20(14-33)30-22(35)17-10-8-16(9-11-17)12-34-21-7-5-4-6-19(21)31-24(34)26(27,28)29/h4-11,18,20,37H,12-15H2,1-3H3,(H,30,35)(H,32,36)/t18-,20+/m0/s1. The lowest BCUT2D eigenvalue weighted by Crippen LogP contribution is -2.45. The number of benzene rings is 2. The Hall–Kier alpha value is -3.44. The summed E-state index contributed by atoms with van der Waals surface area (Å²) in [6.45, 7) is 7.72. The average Bonchev–Trinajstić information content (AvgIpc) is 3.39. The second-order valence-corrected chi connectivity index (χ2v) is 10.6. The van der Waals surface area contributed by atoms with Crippen molar-refractivity contribution in [2.75, 3.05) is 19.6 Å². The van der Waals surface area contributed by atoms with Crippen LogP contribution in [0.5, 0.6) is 0 Å². The molecule has 2 amide bonds. The van der Waals surface area contributed by atoms with Crippen LogP contribution in [0.2, 0.25) is 0 Å². The monoisotopic (exact) mass is 517 g/mol. The molecule has 1 aliphatic heterocycles. The third kappa shape index (κ3) is 6.11. The number of halogens is 3. The van der Waals surface area contributed by atoms with Crippen molar-refractivity contribution < 1.29 is 28.0 Å². The van der Waals surface area contributed by atoms with Gasteiger partial charge in [-0.3, -0.25) is 19.7 Å². The van der Waals surface area contributed by atoms with Gasteiger partial charge in [0.1, 0.15) is 0 Å². The number of imidazole rings is 1. The van der Waals surface area contributed by atoms with Crippen LogP contribution in [0.25, 0.3) is 11.0 Å². The van der Waals surface area contributed by atoms with Crippen LogP contribution in [0.15, 0.2) is 48.5 Å². The van der Waals surface area contributed by atoms with E-state index >= 15 is 0 Å². The first-order valence-corrected chi connectivity index (χ1v) is 11.9. The zero-order valence-electron chi connectivity index (χ0n) is 20.8. The molecule has 2 heterocycles. The van der Waals surface area contributed by atoms with Crippen molar-refractivity contribution in [3.63, 3.8) is 0 Å². The lowest BCUT2D eigenvalue weighted by Gasteiger charge is -2.26. The third-order valence-corrected chi connectivity index (χ3v) is 6.32. The second-order valence-electron chi connectivity index (χ2n) is 10.6. The fourth-order valence-electron chi connectivity index (χ4n) is 4.83. The highest BCUT2D eigenvalue weighted by Crippen LogP contribution is 2.32. The van der Waals surface area contributed by atoms with Gasteiger partial charge in [-0.05, 0) is 35.2 Å². The smallest absolute Gasteiger partial charge is 0.347 e. The first-order chi connectivity index (χ1) is 17.4. The maximum Gasteiger partial charge on any atom is 0.449 e. The lowest BCUT2D eigenvalue weighted by molar-refractivity contribution is -0.146. The summed E-state index contributed by atoms with van der Waals surface area (Å²) in [6.07, 6.45) is -4.61. The third-order valence-electron chi connectivity index (χ3n) is 6.32. The van der Waals surface area contributed by atoms with Crippen LogP contribution in [0.1, 0.15) is 42.5 Å². The summed E-state index contributed by atoms with van der Waals surface area (Å²) in [5.74, 6) is -2.57. The molecule has 3 N–H and O–H groups in total. The molecule has 0 spiro atoms. The second kappa shape index (κ2) is 10.1. The van der Waals surface area contributed by atoms with Gasteiger partial charge in [-0.25, -0.2) is 10.5 Å². The van der Waals surface area contributed by atoms with E-state index in [2.05, 4.69) is 36.0 Å². The van der Waals surface area contributed by atoms with Gasteiger partial charge in [0.25, 0.3) is 5.91 Å². The predicted molar refractivity (Wildman–Crippen MR) is 131 cm³/mol. The van der Waals surface area contributed by atoms with Gasteiger partial charge in [0, 0.05) is 31.7 Å². The van der Waals surface area contributed by atoms with E-state index in [1.807, 2.05) is 0 Å². The Balaban J connectivity index is 1.49. The lowest BCUT2D eigenvalue weighted by atomic mass is 9.96. The molecule has 37 heavy (non-hydrogen) atoms. The Morgan fingerprint density at radius 3 is 2.35 bits per heavy atom. The van der Waals surface area contributed by atoms with Crippen molar-refractivity contribution in [2.24, 2.45) is 11.3 Å². The quantitative estimate of drug-likeness (QED) is 0.342. The van der Waals surface area contributed by atoms with Gasteiger partial charge in [-0.2, -0.15) is 13.2 Å². The van der Waals surface area contributed by atoms with Crippen LogP contribution < -0.4 is 10.8 Å². The zero-order valence-corrected chi connectivity index (χ0v) is 20.8. The van der Waals surface area contributed by atoms with E-state index in [1.165, 1.54) is 6.07 Å². The molecule has 198 valence electrons. The molecule has 1 fully saturated rings. The number of hydrogen-bond donors (Lipinski definition) is 3. The molecule has 0 bridgehead atoms. The molecular formula is C26H30F3N5O3. The van der Waals surface area contributed by atoms with Gasteiger partial charge in [-0.1, -0.05) is 45.0 Å². The fraction of sp³-hybridized carbons (Fsp3) is 0.423. The number of nitrogens with zero attached hydrogens (tertiary/aromatic N) is 3. The minimum atomic E-state index is -4.61. The predicted octanol–water partition coefficient (Wildman–Crippen LogP) is 3.69. The highest BCUT2D eigenvalue weighted by molar-refractivity contribution is 5.95. The number of para-hydroxylation sites is 2. The first kappa shape index (κ1) is 26.6. The Bertz CT molecular complexity index is 1280. The van der Waals surface area contributed by atoms with Gasteiger partial charge < -0.3 is 9.88 Å². The van der Waals surface area contributed by atoms with E-state index in [-0.39, 0.29) is 17.5 Å². The molecule has 11 heteroatoms. The summed E-state index contributed by atoms with van der Waals surface area (Å²) in [7, 11) is 0. The minimum absolute atomic E-state index is 0.0124. The number of amides is 2. The minimum Gasteiger partial charge on any atom is -0.347 e. The van der Waals surface area contributed by atoms with Crippen LogP contribution in [-0.2, 0) is 17.5 Å². The maximum atomic E-state index is 13.6. The number of hydrogen-bond acceptors (Lipinski definition) is 5. The Morgan fingerprint density at radius 2 is 1.73 bits per heavy atom. The highest BCUT2D eigenvalue weighted by Gasteiger charge is 2.40. The van der Waals surface area contributed by atoms with Gasteiger partial charge >= 0.3 is 6.18 Å². The largest absolute Gasteiger partial charge is 0.449 e. The molecule has 2 atom stereocenters. The van der Waals surface area contributed by atoms with Crippen LogP contribution in [0.4, 0.5) is 13.2 Å². The summed E-state index contributed by atoms with van der Waals surface area (Å²) in [4.78, 5) is 31.0. The van der Waals surface area contributed by atoms with E-state index in [9.17, 15) is 22.8 Å². The number of nitrogens with one attached hydrogen (secondary N) is 2. The summed E-state index contributed by atoms with van der Waals surface area (Å²) in [5.41, 5.74) is 3.18. The number of likely N-dealkylation sites (tertiary alicyclic amines) is 1. The van der Waals surface area contributed by atoms with Crippen LogP contribution in [0.3, 0.4) is 0 Å². The van der Waals surface area contributed by atoms with Gasteiger partial charge in [0.2, 0.25) is 11.7 Å². The maximum absolute atomic E-state index is 13.6. The van der Waals surface area contributed by atoms with Crippen molar-refractivity contribution in [1.82, 2.24) is 25.2 Å². The number of rotatable bonds is 6. The molecule has 2 aromatic carbocycles. The SMILES string of the molecule is CC(C)(C)CN1C[C@H](C(=O)NO)[C@H](NC(=O)c2ccc(Cn3c(C(F)(F)F)nc4ccccc43)cc2)C1. The number of alkyl halides is 3. The molecular weight excluding hydrogens is 487 g/mol. The van der Waals surface area contributed by atoms with Gasteiger partial charge in [0.05, 0.1) is 23.0 Å². The van der Waals surface area contributed by atoms with E-state index in [0.717, 1.165) is 4.57 Å². The Morgan fingerprint density at radius 1 is 1.05 bits per heavy atom. The number of carbonyl (C=O) groups excluding carboxylic acids is 2. The average molecular weight is 518 g/mol. The summed E-state index contributed by atoms with van der Waals surface area (Å²) >= 11 is 0. The van der Waals surface area contributed by atoms with Gasteiger partial charge in [-0.15, -0.1) is 0 Å². The number of aromatic nitrogens is 2. The van der Waals surface area contributed by atoms with Gasteiger partial charge in [0.15, 0.2) is 0 Å². The molecule has 1 aliphatic rings. The molecule has 4 rings (SSSR count). The van der Waals surface area contributed by atoms with Crippen LogP contribution in [0, 0.1) is 11.3 Å². The molecule has 0 saturated carbocycles. The van der Waals surface area contributed by atoms with E-state index < -0.39 is 35.8 Å².